The first-order chi connectivity index (χ1) is 15.2. The average Bonchev–Trinajstić information content (AvgIpc) is 3.25. The van der Waals surface area contributed by atoms with E-state index >= 15 is 0 Å². The minimum Gasteiger partial charge on any atom is -0.475 e. The van der Waals surface area contributed by atoms with Crippen molar-refractivity contribution < 1.29 is 24.1 Å². The molecular formula is C22H23N3O5S. The van der Waals surface area contributed by atoms with Crippen LogP contribution >= 0.6 is 11.8 Å². The van der Waals surface area contributed by atoms with Crippen LogP contribution in [0.3, 0.4) is 0 Å². The van der Waals surface area contributed by atoms with Crippen LogP contribution in [0.1, 0.15) is 27.9 Å². The zero-order chi connectivity index (χ0) is 21.9. The van der Waals surface area contributed by atoms with E-state index in [-0.39, 0.29) is 16.9 Å². The highest BCUT2D eigenvalue weighted by atomic mass is 32.2. The van der Waals surface area contributed by atoms with Gasteiger partial charge in [-0.1, -0.05) is 48.5 Å². The third-order valence-electron chi connectivity index (χ3n) is 4.40. The van der Waals surface area contributed by atoms with Crippen LogP contribution in [0, 0.1) is 0 Å². The summed E-state index contributed by atoms with van der Waals surface area (Å²) in [7, 11) is 0. The smallest absolute Gasteiger partial charge is 0.310 e. The maximum Gasteiger partial charge on any atom is 0.310 e. The Morgan fingerprint density at radius 3 is 2.65 bits per heavy atom. The summed E-state index contributed by atoms with van der Waals surface area (Å²) in [5.74, 6) is 0.115. The largest absolute Gasteiger partial charge is 0.475 e. The number of benzene rings is 2. The molecule has 0 fully saturated rings. The van der Waals surface area contributed by atoms with Crippen molar-refractivity contribution in [3.05, 3.63) is 77.4 Å². The lowest BCUT2D eigenvalue weighted by Crippen LogP contribution is -2.26. The fourth-order valence-electron chi connectivity index (χ4n) is 2.90. The number of carbonyl (C=O) groups is 2. The van der Waals surface area contributed by atoms with Crippen LogP contribution in [-0.4, -0.2) is 34.7 Å². The van der Waals surface area contributed by atoms with Crippen molar-refractivity contribution in [2.24, 2.45) is 0 Å². The normalized spacial score (nSPS) is 10.5. The molecule has 0 saturated heterocycles. The van der Waals surface area contributed by atoms with Crippen molar-refractivity contribution in [2.75, 3.05) is 13.2 Å². The van der Waals surface area contributed by atoms with Crippen LogP contribution in [0.5, 0.6) is 5.88 Å². The van der Waals surface area contributed by atoms with Crippen LogP contribution in [0.4, 0.5) is 4.79 Å². The molecule has 162 valence electrons. The SMILES string of the molecule is O=C(NO)Sc1cc(OCCCNC(=O)c2ccccc2CCc2ccccc2)no1. The van der Waals surface area contributed by atoms with Crippen molar-refractivity contribution in [1.29, 1.82) is 0 Å². The Hall–Kier alpha value is -3.30. The molecule has 3 rings (SSSR count). The predicted octanol–water partition coefficient (Wildman–Crippen LogP) is 3.85. The van der Waals surface area contributed by atoms with Crippen LogP contribution in [0.15, 0.2) is 70.3 Å². The number of thioether (sulfide) groups is 1. The van der Waals surface area contributed by atoms with Gasteiger partial charge in [0.2, 0.25) is 5.09 Å². The van der Waals surface area contributed by atoms with E-state index in [1.807, 2.05) is 42.5 Å². The maximum absolute atomic E-state index is 12.6. The van der Waals surface area contributed by atoms with Gasteiger partial charge >= 0.3 is 5.24 Å². The molecule has 0 aliphatic rings. The lowest BCUT2D eigenvalue weighted by molar-refractivity contribution is 0.0950. The molecule has 3 aromatic rings. The zero-order valence-electron chi connectivity index (χ0n) is 16.7. The highest BCUT2D eigenvalue weighted by Gasteiger charge is 2.12. The first kappa shape index (κ1) is 22.4. The Balaban J connectivity index is 1.41. The summed E-state index contributed by atoms with van der Waals surface area (Å²) in [6.45, 7) is 0.761. The molecule has 0 unspecified atom stereocenters. The molecule has 1 heterocycles. The monoisotopic (exact) mass is 441 g/mol. The number of rotatable bonds is 10. The van der Waals surface area contributed by atoms with Crippen LogP contribution in [-0.2, 0) is 12.8 Å². The second-order valence-corrected chi connectivity index (χ2v) is 7.56. The molecule has 1 aromatic heterocycles. The number of carbonyl (C=O) groups excluding carboxylic acids is 2. The van der Waals surface area contributed by atoms with Crippen molar-refractivity contribution >= 4 is 22.9 Å². The molecule has 3 N–H and O–H groups in total. The molecule has 31 heavy (non-hydrogen) atoms. The van der Waals surface area contributed by atoms with Crippen LogP contribution in [0.2, 0.25) is 0 Å². The highest BCUT2D eigenvalue weighted by Crippen LogP contribution is 2.22. The highest BCUT2D eigenvalue weighted by molar-refractivity contribution is 8.13. The van der Waals surface area contributed by atoms with Gasteiger partial charge in [-0.15, -0.1) is 0 Å². The molecule has 2 amide bonds. The Morgan fingerprint density at radius 2 is 1.84 bits per heavy atom. The van der Waals surface area contributed by atoms with Gasteiger partial charge in [-0.2, -0.15) is 0 Å². The summed E-state index contributed by atoms with van der Waals surface area (Å²) in [5.41, 5.74) is 4.41. The van der Waals surface area contributed by atoms with Crippen LogP contribution < -0.4 is 15.5 Å². The Kier molecular flexibility index (Phi) is 8.50. The summed E-state index contributed by atoms with van der Waals surface area (Å²) >= 11 is 0.647. The van der Waals surface area contributed by atoms with Gasteiger partial charge in [0.05, 0.1) is 12.7 Å². The Bertz CT molecular complexity index is 994. The molecule has 0 aliphatic heterocycles. The van der Waals surface area contributed by atoms with Crippen molar-refractivity contribution in [3.8, 4) is 5.88 Å². The summed E-state index contributed by atoms with van der Waals surface area (Å²) in [6, 6.07) is 19.3. The molecule has 9 heteroatoms. The molecular weight excluding hydrogens is 418 g/mol. The van der Waals surface area contributed by atoms with E-state index in [1.54, 1.807) is 0 Å². The van der Waals surface area contributed by atoms with E-state index in [2.05, 4.69) is 22.6 Å². The topological polar surface area (TPSA) is 114 Å². The molecule has 0 saturated carbocycles. The number of amides is 2. The first-order valence-electron chi connectivity index (χ1n) is 9.77. The molecule has 0 radical (unpaired) electrons. The lowest BCUT2D eigenvalue weighted by atomic mass is 9.99. The van der Waals surface area contributed by atoms with Gasteiger partial charge in [-0.05, 0) is 41.6 Å². The van der Waals surface area contributed by atoms with Gasteiger partial charge in [-0.25, -0.2) is 5.48 Å². The number of nitrogens with zero attached hydrogens (tertiary/aromatic N) is 1. The quantitative estimate of drug-likeness (QED) is 0.189. The van der Waals surface area contributed by atoms with Gasteiger partial charge in [0.25, 0.3) is 11.8 Å². The fourth-order valence-corrected chi connectivity index (χ4v) is 3.37. The van der Waals surface area contributed by atoms with Gasteiger partial charge in [0.1, 0.15) is 0 Å². The van der Waals surface area contributed by atoms with E-state index in [0.29, 0.717) is 36.9 Å². The van der Waals surface area contributed by atoms with Crippen molar-refractivity contribution in [1.82, 2.24) is 16.0 Å². The number of aryl methyl sites for hydroxylation is 2. The number of hydrogen-bond acceptors (Lipinski definition) is 7. The minimum absolute atomic E-state index is 0.112. The molecule has 0 bridgehead atoms. The Labute approximate surface area is 183 Å². The van der Waals surface area contributed by atoms with E-state index in [9.17, 15) is 9.59 Å². The molecule has 0 aliphatic carbocycles. The average molecular weight is 442 g/mol. The third kappa shape index (κ3) is 7.16. The number of ether oxygens (including phenoxy) is 1. The van der Waals surface area contributed by atoms with Gasteiger partial charge in [-0.3, -0.25) is 14.8 Å². The molecule has 2 aromatic carbocycles. The lowest BCUT2D eigenvalue weighted by Gasteiger charge is -2.10. The van der Waals surface area contributed by atoms with Crippen molar-refractivity contribution in [2.45, 2.75) is 24.4 Å². The molecule has 8 nitrogen and oxygen atoms in total. The van der Waals surface area contributed by atoms with E-state index in [4.69, 9.17) is 14.5 Å². The van der Waals surface area contributed by atoms with Gasteiger partial charge < -0.3 is 14.6 Å². The second-order valence-electron chi connectivity index (χ2n) is 6.59. The van der Waals surface area contributed by atoms with Gasteiger partial charge in [0.15, 0.2) is 0 Å². The van der Waals surface area contributed by atoms with E-state index in [1.165, 1.54) is 17.1 Å². The third-order valence-corrected chi connectivity index (χ3v) is 5.07. The number of hydroxylamine groups is 1. The van der Waals surface area contributed by atoms with Crippen LogP contribution in [0.25, 0.3) is 0 Å². The summed E-state index contributed by atoms with van der Waals surface area (Å²) < 4.78 is 10.3. The zero-order valence-corrected chi connectivity index (χ0v) is 17.6. The second kappa shape index (κ2) is 11.8. The van der Waals surface area contributed by atoms with Gasteiger partial charge in [0, 0.05) is 23.9 Å². The number of hydrogen-bond donors (Lipinski definition) is 3. The van der Waals surface area contributed by atoms with Crippen molar-refractivity contribution in [3.63, 3.8) is 0 Å². The molecule has 0 atom stereocenters. The first-order valence-corrected chi connectivity index (χ1v) is 10.6. The summed E-state index contributed by atoms with van der Waals surface area (Å²) in [4.78, 5) is 23.6. The summed E-state index contributed by atoms with van der Waals surface area (Å²) in [6.07, 6.45) is 2.23. The van der Waals surface area contributed by atoms with E-state index in [0.717, 1.165) is 18.4 Å². The Morgan fingerprint density at radius 1 is 1.06 bits per heavy atom. The standard InChI is InChI=1S/C22H23N3O5S/c26-21(18-10-5-4-9-17(18)12-11-16-7-2-1-3-8-16)23-13-6-14-29-19-15-20(30-25-19)31-22(27)24-28/h1-5,7-10,15,28H,6,11-14H2,(H,23,26)(H,24,27). The number of nitrogens with one attached hydrogen (secondary N) is 2. The predicted molar refractivity (Wildman–Crippen MR) is 115 cm³/mol. The maximum atomic E-state index is 12.6. The fraction of sp³-hybridized carbons (Fsp3) is 0.227. The minimum atomic E-state index is -0.686. The molecule has 0 spiro atoms. The number of aromatic nitrogens is 1. The summed E-state index contributed by atoms with van der Waals surface area (Å²) in [5, 5.41) is 14.6. The van der Waals surface area contributed by atoms with E-state index < -0.39 is 5.24 Å².